The second kappa shape index (κ2) is 8.81. The summed E-state index contributed by atoms with van der Waals surface area (Å²) in [5, 5.41) is 9.52. The van der Waals surface area contributed by atoms with Crippen molar-refractivity contribution < 1.29 is 18.7 Å². The van der Waals surface area contributed by atoms with E-state index in [0.29, 0.717) is 6.54 Å². The number of ether oxygens (including phenoxy) is 1. The van der Waals surface area contributed by atoms with Crippen LogP contribution in [-0.2, 0) is 16.0 Å². The lowest BCUT2D eigenvalue weighted by atomic mass is 10.1. The first-order valence-corrected chi connectivity index (χ1v) is 7.85. The average Bonchev–Trinajstić information content (AvgIpc) is 3.08. The molecule has 0 saturated heterocycles. The van der Waals surface area contributed by atoms with Crippen molar-refractivity contribution in [1.82, 2.24) is 20.4 Å². The van der Waals surface area contributed by atoms with E-state index in [1.807, 2.05) is 6.07 Å². The number of aromatic nitrogens is 2. The van der Waals surface area contributed by atoms with Gasteiger partial charge in [-0.2, -0.15) is 5.10 Å². The van der Waals surface area contributed by atoms with Gasteiger partial charge in [-0.15, -0.1) is 0 Å². The Kier molecular flexibility index (Phi) is 6.50. The molecule has 0 atom stereocenters. The van der Waals surface area contributed by atoms with Crippen molar-refractivity contribution >= 4 is 12.0 Å². The van der Waals surface area contributed by atoms with Gasteiger partial charge in [0.25, 0.3) is 0 Å². The van der Waals surface area contributed by atoms with Crippen LogP contribution in [-0.4, -0.2) is 54.3 Å². The van der Waals surface area contributed by atoms with Crippen LogP contribution in [0.4, 0.5) is 9.18 Å². The average molecular weight is 348 g/mol. The molecule has 25 heavy (non-hydrogen) atoms. The highest BCUT2D eigenvalue weighted by Crippen LogP contribution is 2.18. The molecule has 2 aromatic rings. The fourth-order valence-corrected chi connectivity index (χ4v) is 2.24. The number of aryl methyl sites for hydroxylation is 1. The summed E-state index contributed by atoms with van der Waals surface area (Å²) in [5.74, 6) is -0.476. The summed E-state index contributed by atoms with van der Waals surface area (Å²) >= 11 is 0. The summed E-state index contributed by atoms with van der Waals surface area (Å²) in [5.41, 5.74) is 2.53. The van der Waals surface area contributed by atoms with Crippen molar-refractivity contribution in [2.45, 2.75) is 12.8 Å². The van der Waals surface area contributed by atoms with Crippen LogP contribution in [0.3, 0.4) is 0 Å². The molecule has 2 N–H and O–H groups in total. The highest BCUT2D eigenvalue weighted by molar-refractivity contribution is 5.81. The number of carbonyl (C=O) groups is 2. The monoisotopic (exact) mass is 348 g/mol. The van der Waals surface area contributed by atoms with Crippen LogP contribution in [0.15, 0.2) is 30.3 Å². The Labute approximate surface area is 145 Å². The van der Waals surface area contributed by atoms with E-state index in [1.165, 1.54) is 19.2 Å². The van der Waals surface area contributed by atoms with Crippen LogP contribution < -0.4 is 5.32 Å². The molecule has 0 radical (unpaired) electrons. The Balaban J connectivity index is 1.77. The molecule has 0 aliphatic heterocycles. The number of nitrogens with one attached hydrogen (secondary N) is 2. The smallest absolute Gasteiger partial charge is 0.407 e. The van der Waals surface area contributed by atoms with Crippen LogP contribution in [0.1, 0.15) is 12.1 Å². The van der Waals surface area contributed by atoms with Gasteiger partial charge in [-0.05, 0) is 43.2 Å². The standard InChI is InChI=1S/C17H21FN4O3/c1-22(16(23)11-19-17(24)25-2)9-3-4-14-10-15(21-20-14)12-5-7-13(18)8-6-12/h5-8,10H,3-4,9,11H2,1-2H3,(H,19,24)(H,20,21). The summed E-state index contributed by atoms with van der Waals surface area (Å²) < 4.78 is 17.4. The fourth-order valence-electron chi connectivity index (χ4n) is 2.24. The van der Waals surface area contributed by atoms with Gasteiger partial charge in [0, 0.05) is 24.8 Å². The molecule has 0 fully saturated rings. The molecule has 1 aromatic heterocycles. The molecule has 0 bridgehead atoms. The number of benzene rings is 1. The van der Waals surface area contributed by atoms with Gasteiger partial charge in [-0.3, -0.25) is 9.89 Å². The van der Waals surface area contributed by atoms with E-state index in [-0.39, 0.29) is 18.3 Å². The third-order valence-corrected chi connectivity index (χ3v) is 3.71. The number of carbonyl (C=O) groups excluding carboxylic acids is 2. The minimum absolute atomic E-state index is 0.0953. The maximum atomic E-state index is 12.9. The van der Waals surface area contributed by atoms with Gasteiger partial charge in [0.15, 0.2) is 0 Å². The van der Waals surface area contributed by atoms with Gasteiger partial charge in [0.1, 0.15) is 12.4 Å². The molecule has 0 unspecified atom stereocenters. The van der Waals surface area contributed by atoms with Gasteiger partial charge in [-0.25, -0.2) is 9.18 Å². The van der Waals surface area contributed by atoms with Crippen LogP contribution in [0, 0.1) is 5.82 Å². The van der Waals surface area contributed by atoms with E-state index >= 15 is 0 Å². The number of likely N-dealkylation sites (N-methyl/N-ethyl adjacent to an activating group) is 1. The second-order valence-electron chi connectivity index (χ2n) is 5.55. The maximum absolute atomic E-state index is 12.9. The van der Waals surface area contributed by atoms with Gasteiger partial charge in [-0.1, -0.05) is 0 Å². The van der Waals surface area contributed by atoms with E-state index in [0.717, 1.165) is 29.8 Å². The number of methoxy groups -OCH3 is 1. The number of alkyl carbamates (subject to hydrolysis) is 1. The number of amides is 2. The molecule has 1 heterocycles. The topological polar surface area (TPSA) is 87.3 Å². The lowest BCUT2D eigenvalue weighted by Gasteiger charge is -2.16. The molecule has 134 valence electrons. The van der Waals surface area contributed by atoms with Crippen LogP contribution in [0.25, 0.3) is 11.3 Å². The third kappa shape index (κ3) is 5.59. The SMILES string of the molecule is COC(=O)NCC(=O)N(C)CCCc1cc(-c2ccc(F)cc2)n[nH]1. The predicted molar refractivity (Wildman–Crippen MR) is 90.3 cm³/mol. The quantitative estimate of drug-likeness (QED) is 0.801. The van der Waals surface area contributed by atoms with E-state index < -0.39 is 6.09 Å². The Hall–Kier alpha value is -2.90. The zero-order valence-corrected chi connectivity index (χ0v) is 14.2. The lowest BCUT2D eigenvalue weighted by Crippen LogP contribution is -2.38. The maximum Gasteiger partial charge on any atom is 0.407 e. The number of nitrogens with zero attached hydrogens (tertiary/aromatic N) is 2. The Morgan fingerprint density at radius 1 is 1.32 bits per heavy atom. The highest BCUT2D eigenvalue weighted by Gasteiger charge is 2.11. The number of H-pyrrole nitrogens is 1. The van der Waals surface area contributed by atoms with E-state index in [2.05, 4.69) is 20.3 Å². The van der Waals surface area contributed by atoms with E-state index in [9.17, 15) is 14.0 Å². The minimum atomic E-state index is -0.632. The molecule has 1 aromatic carbocycles. The van der Waals surface area contributed by atoms with Crippen LogP contribution >= 0.6 is 0 Å². The Bertz CT molecular complexity index is 715. The van der Waals surface area contributed by atoms with Crippen molar-refractivity contribution in [2.75, 3.05) is 27.2 Å². The summed E-state index contributed by atoms with van der Waals surface area (Å²) in [6, 6.07) is 8.05. The second-order valence-corrected chi connectivity index (χ2v) is 5.55. The molecule has 8 heteroatoms. The first-order chi connectivity index (χ1) is 12.0. The summed E-state index contributed by atoms with van der Waals surface area (Å²) in [6.45, 7) is 0.453. The zero-order chi connectivity index (χ0) is 18.2. The van der Waals surface area contributed by atoms with E-state index in [1.54, 1.807) is 24.1 Å². The van der Waals surface area contributed by atoms with Crippen molar-refractivity contribution in [3.63, 3.8) is 0 Å². The van der Waals surface area contributed by atoms with Crippen molar-refractivity contribution in [3.8, 4) is 11.3 Å². The molecular weight excluding hydrogens is 327 g/mol. The molecule has 0 aliphatic carbocycles. The number of aromatic amines is 1. The fraction of sp³-hybridized carbons (Fsp3) is 0.353. The normalized spacial score (nSPS) is 10.4. The number of rotatable bonds is 7. The number of hydrogen-bond donors (Lipinski definition) is 2. The van der Waals surface area contributed by atoms with E-state index in [4.69, 9.17) is 0 Å². The van der Waals surface area contributed by atoms with Crippen LogP contribution in [0.5, 0.6) is 0 Å². The molecule has 0 aliphatic rings. The minimum Gasteiger partial charge on any atom is -0.453 e. The molecule has 0 spiro atoms. The molecule has 0 saturated carbocycles. The van der Waals surface area contributed by atoms with Gasteiger partial charge >= 0.3 is 6.09 Å². The van der Waals surface area contributed by atoms with Crippen molar-refractivity contribution in [2.24, 2.45) is 0 Å². The first-order valence-electron chi connectivity index (χ1n) is 7.85. The van der Waals surface area contributed by atoms with Gasteiger partial charge < -0.3 is 15.0 Å². The Morgan fingerprint density at radius 2 is 2.04 bits per heavy atom. The summed E-state index contributed by atoms with van der Waals surface area (Å²) in [6.07, 6.45) is 0.828. The van der Waals surface area contributed by atoms with Crippen molar-refractivity contribution in [3.05, 3.63) is 41.8 Å². The number of hydrogen-bond acceptors (Lipinski definition) is 4. The largest absolute Gasteiger partial charge is 0.453 e. The van der Waals surface area contributed by atoms with Gasteiger partial charge in [0.05, 0.1) is 12.8 Å². The lowest BCUT2D eigenvalue weighted by molar-refractivity contribution is -0.128. The number of halogens is 1. The predicted octanol–water partition coefficient (Wildman–Crippen LogP) is 1.96. The molecule has 7 nitrogen and oxygen atoms in total. The zero-order valence-electron chi connectivity index (χ0n) is 14.2. The highest BCUT2D eigenvalue weighted by atomic mass is 19.1. The third-order valence-electron chi connectivity index (χ3n) is 3.71. The molecule has 2 rings (SSSR count). The van der Waals surface area contributed by atoms with Gasteiger partial charge in [0.2, 0.25) is 5.91 Å². The first kappa shape index (κ1) is 18.4. The summed E-state index contributed by atoms with van der Waals surface area (Å²) in [7, 11) is 2.92. The van der Waals surface area contributed by atoms with Crippen LogP contribution in [0.2, 0.25) is 0 Å². The Morgan fingerprint density at radius 3 is 2.72 bits per heavy atom. The van der Waals surface area contributed by atoms with Crippen molar-refractivity contribution in [1.29, 1.82) is 0 Å². The molecule has 2 amide bonds. The summed E-state index contributed by atoms with van der Waals surface area (Å²) in [4.78, 5) is 24.3. The molecular formula is C17H21FN4O3.